The van der Waals surface area contributed by atoms with Crippen LogP contribution in [0.4, 0.5) is 0 Å². The van der Waals surface area contributed by atoms with Crippen LogP contribution in [-0.4, -0.2) is 110 Å². The zero-order valence-electron chi connectivity index (χ0n) is 15.2. The van der Waals surface area contributed by atoms with Crippen molar-refractivity contribution >= 4 is 108 Å². The van der Waals surface area contributed by atoms with Gasteiger partial charge in [0.15, 0.2) is 0 Å². The van der Waals surface area contributed by atoms with Gasteiger partial charge in [-0.1, -0.05) is 0 Å². The maximum absolute atomic E-state index is 8.40. The summed E-state index contributed by atoms with van der Waals surface area (Å²) in [6.07, 6.45) is -1.09. The standard InChI is InChI=1S/C3H6Cl2O.C3H7ClO2.C3H5ClO.C3H8O3.I2.HI.Na.H2O/c4-1-3(6)2-5;4-3(1-5)2-6;4-1-3-2-5-3;4-1-3(6)2-5;1-2;;;/h3,6H,1-2H2;3,5-6H,1-2H2;3H,1-2H2;3-6H,1-2H2;;1H;;1H2/q;;;;;;+1;/p-1. The van der Waals surface area contributed by atoms with Crippen LogP contribution in [0.2, 0.25) is 0 Å². The third kappa shape index (κ3) is 57.2. The van der Waals surface area contributed by atoms with Crippen molar-refractivity contribution in [3.63, 3.8) is 0 Å². The molecule has 0 aromatic heterocycles. The number of aliphatic hydroxyl groups excluding tert-OH is 6. The molecular formula is C12H28Cl4I3NaO8. The first kappa shape index (κ1) is 49.2. The Bertz CT molecular complexity index is 200. The Morgan fingerprint density at radius 1 is 0.857 bits per heavy atom. The fraction of sp³-hybridized carbons (Fsp3) is 1.00. The molecule has 1 heterocycles. The minimum atomic E-state index is -0.954. The third-order valence-corrected chi connectivity index (χ3v) is 3.08. The van der Waals surface area contributed by atoms with Crippen LogP contribution in [0.5, 0.6) is 0 Å². The van der Waals surface area contributed by atoms with E-state index >= 15 is 0 Å². The Kier molecular flexibility index (Phi) is 78.5. The summed E-state index contributed by atoms with van der Waals surface area (Å²) in [6, 6.07) is 0. The predicted octanol–water partition coefficient (Wildman–Crippen LogP) is -1.42. The molecule has 1 aliphatic rings. The van der Waals surface area contributed by atoms with Gasteiger partial charge in [-0.25, -0.2) is 0 Å². The van der Waals surface area contributed by atoms with Crippen molar-refractivity contribution in [2.45, 2.75) is 23.7 Å². The fourth-order valence-electron chi connectivity index (χ4n) is 0.314. The molecule has 0 aliphatic carbocycles. The molecule has 0 saturated carbocycles. The SMILES string of the molecule is ClCC1CO1.I.II.OC(CCl)CCl.OCC(Cl)CO.OCC(O)CO.[Na+].[OH-]. The van der Waals surface area contributed by atoms with Gasteiger partial charge in [0.25, 0.3) is 0 Å². The van der Waals surface area contributed by atoms with E-state index in [1.54, 1.807) is 0 Å². The molecule has 0 bridgehead atoms. The summed E-state index contributed by atoms with van der Waals surface area (Å²) in [6.45, 7) is -0.160. The summed E-state index contributed by atoms with van der Waals surface area (Å²) in [7, 11) is 0. The molecule has 1 atom stereocenters. The normalized spacial score (nSPS) is 12.8. The molecule has 0 spiro atoms. The molecule has 0 aromatic carbocycles. The quantitative estimate of drug-likeness (QED) is 0.0788. The van der Waals surface area contributed by atoms with Gasteiger partial charge in [-0.3, -0.25) is 0 Å². The summed E-state index contributed by atoms with van der Waals surface area (Å²) in [5, 5.41) is 48.0. The number of aliphatic hydroxyl groups is 6. The molecule has 1 fully saturated rings. The first-order chi connectivity index (χ1) is 11.9. The largest absolute Gasteiger partial charge is 1.00 e. The Labute approximate surface area is 248 Å². The third-order valence-electron chi connectivity index (χ3n) is 1.75. The molecule has 174 valence electrons. The summed E-state index contributed by atoms with van der Waals surface area (Å²) in [5.41, 5.74) is 0. The van der Waals surface area contributed by atoms with Gasteiger partial charge in [0.2, 0.25) is 0 Å². The average Bonchev–Trinajstić information content (AvgIpc) is 3.53. The Balaban J connectivity index is -0.0000000394. The molecule has 28 heavy (non-hydrogen) atoms. The number of hydrogen-bond acceptors (Lipinski definition) is 8. The van der Waals surface area contributed by atoms with Crippen molar-refractivity contribution in [1.29, 1.82) is 0 Å². The van der Waals surface area contributed by atoms with Crippen molar-refractivity contribution in [2.24, 2.45) is 0 Å². The van der Waals surface area contributed by atoms with Gasteiger partial charge in [0.05, 0.1) is 56.5 Å². The number of epoxide rings is 1. The van der Waals surface area contributed by atoms with Crippen LogP contribution in [0.15, 0.2) is 0 Å². The van der Waals surface area contributed by atoms with Crippen molar-refractivity contribution in [1.82, 2.24) is 0 Å². The monoisotopic (exact) mass is 844 g/mol. The van der Waals surface area contributed by atoms with E-state index in [2.05, 4.69) is 37.2 Å². The van der Waals surface area contributed by atoms with Gasteiger partial charge in [-0.05, 0) is 0 Å². The van der Waals surface area contributed by atoms with Gasteiger partial charge in [0.1, 0.15) is 6.10 Å². The van der Waals surface area contributed by atoms with Crippen molar-refractivity contribution in [2.75, 3.05) is 50.7 Å². The molecule has 7 N–H and O–H groups in total. The maximum Gasteiger partial charge on any atom is 1.00 e. The molecule has 1 unspecified atom stereocenters. The second-order valence-electron chi connectivity index (χ2n) is 4.05. The zero-order valence-corrected chi connectivity index (χ0v) is 26.9. The average molecular weight is 846 g/mol. The van der Waals surface area contributed by atoms with Crippen LogP contribution >= 0.6 is 108 Å². The first-order valence-electron chi connectivity index (χ1n) is 6.73. The van der Waals surface area contributed by atoms with Crippen LogP contribution < -0.4 is 29.6 Å². The minimum Gasteiger partial charge on any atom is -0.870 e. The van der Waals surface area contributed by atoms with Gasteiger partial charge >= 0.3 is 29.6 Å². The zero-order chi connectivity index (χ0) is 20.7. The van der Waals surface area contributed by atoms with Crippen molar-refractivity contribution in [3.05, 3.63) is 0 Å². The summed E-state index contributed by atoms with van der Waals surface area (Å²) < 4.78 is 4.73. The first-order valence-corrected chi connectivity index (χ1v) is 15.1. The van der Waals surface area contributed by atoms with Crippen LogP contribution in [-0.2, 0) is 4.74 Å². The summed E-state index contributed by atoms with van der Waals surface area (Å²) in [5.74, 6) is 1.12. The smallest absolute Gasteiger partial charge is 0.870 e. The van der Waals surface area contributed by atoms with Crippen LogP contribution in [0, 0.1) is 0 Å². The second kappa shape index (κ2) is 44.7. The van der Waals surface area contributed by atoms with Gasteiger partial charge in [-0.15, -0.1) is 70.4 Å². The van der Waals surface area contributed by atoms with E-state index in [1.807, 2.05) is 0 Å². The van der Waals surface area contributed by atoms with E-state index in [9.17, 15) is 0 Å². The molecule has 16 heteroatoms. The van der Waals surface area contributed by atoms with E-state index in [-0.39, 0.29) is 97.2 Å². The van der Waals surface area contributed by atoms with Crippen LogP contribution in [0.25, 0.3) is 0 Å². The molecule has 1 rings (SSSR count). The van der Waals surface area contributed by atoms with Crippen molar-refractivity contribution < 1.29 is 70.4 Å². The molecule has 0 amide bonds. The van der Waals surface area contributed by atoms with Gasteiger partial charge in [-0.2, -0.15) is 0 Å². The molecule has 1 aliphatic heterocycles. The van der Waals surface area contributed by atoms with Crippen molar-refractivity contribution in [3.8, 4) is 0 Å². The number of rotatable bonds is 7. The van der Waals surface area contributed by atoms with E-state index in [0.29, 0.717) is 12.0 Å². The Hall–Kier alpha value is 4.03. The summed E-state index contributed by atoms with van der Waals surface area (Å²) >= 11 is 24.9. The van der Waals surface area contributed by atoms with E-state index in [0.717, 1.165) is 6.61 Å². The Morgan fingerprint density at radius 2 is 1.18 bits per heavy atom. The molecule has 8 nitrogen and oxygen atoms in total. The summed E-state index contributed by atoms with van der Waals surface area (Å²) in [4.78, 5) is 0. The van der Waals surface area contributed by atoms with Gasteiger partial charge < -0.3 is 40.9 Å². The van der Waals surface area contributed by atoms with E-state index in [4.69, 9.17) is 81.8 Å². The molecule has 1 saturated heterocycles. The second-order valence-corrected chi connectivity index (χ2v) is 5.60. The van der Waals surface area contributed by atoms with E-state index in [1.165, 1.54) is 0 Å². The number of ether oxygens (including phenoxy) is 1. The predicted molar refractivity (Wildman–Crippen MR) is 137 cm³/mol. The molecule has 0 radical (unpaired) electrons. The topological polar surface area (TPSA) is 164 Å². The number of alkyl halides is 4. The number of halogens is 7. The van der Waals surface area contributed by atoms with Gasteiger partial charge in [0, 0.05) is 49.0 Å². The number of hydrogen-bond donors (Lipinski definition) is 6. The minimum absolute atomic E-state index is 0. The molecule has 0 aromatic rings. The van der Waals surface area contributed by atoms with Crippen LogP contribution in [0.3, 0.4) is 0 Å². The van der Waals surface area contributed by atoms with E-state index < -0.39 is 17.6 Å². The fourth-order valence-corrected chi connectivity index (χ4v) is 0.822. The van der Waals surface area contributed by atoms with Crippen LogP contribution in [0.1, 0.15) is 0 Å². The molecular weight excluding hydrogens is 818 g/mol. The Morgan fingerprint density at radius 3 is 1.18 bits per heavy atom. The maximum atomic E-state index is 8.40.